The van der Waals surface area contributed by atoms with E-state index in [4.69, 9.17) is 4.74 Å². The van der Waals surface area contributed by atoms with Crippen LogP contribution in [0, 0.1) is 23.2 Å². The highest BCUT2D eigenvalue weighted by Gasteiger charge is 2.52. The molecule has 1 aromatic carbocycles. The maximum atomic E-state index is 13.1. The first-order valence-electron chi connectivity index (χ1n) is 11.1. The number of esters is 1. The maximum Gasteiger partial charge on any atom is 0.307 e. The zero-order valence-electron chi connectivity index (χ0n) is 16.6. The zero-order valence-corrected chi connectivity index (χ0v) is 16.6. The summed E-state index contributed by atoms with van der Waals surface area (Å²) in [6, 6.07) is 9.55. The van der Waals surface area contributed by atoms with Crippen molar-refractivity contribution in [3.63, 3.8) is 0 Å². The van der Waals surface area contributed by atoms with Crippen molar-refractivity contribution in [2.24, 2.45) is 23.2 Å². The fourth-order valence-corrected chi connectivity index (χ4v) is 6.98. The van der Waals surface area contributed by atoms with Gasteiger partial charge in [0.05, 0.1) is 6.42 Å². The van der Waals surface area contributed by atoms with Gasteiger partial charge in [-0.2, -0.15) is 0 Å². The van der Waals surface area contributed by atoms with Crippen LogP contribution in [0.2, 0.25) is 0 Å². The molecule has 1 atom stereocenters. The van der Waals surface area contributed by atoms with Crippen molar-refractivity contribution < 1.29 is 14.3 Å². The van der Waals surface area contributed by atoms with Gasteiger partial charge in [0, 0.05) is 18.7 Å². The average molecular weight is 382 g/mol. The molecule has 1 amide bonds. The van der Waals surface area contributed by atoms with E-state index in [0.29, 0.717) is 6.42 Å². The van der Waals surface area contributed by atoms with Crippen LogP contribution < -0.4 is 0 Å². The minimum absolute atomic E-state index is 0.0532. The van der Waals surface area contributed by atoms with Crippen LogP contribution in [0.15, 0.2) is 30.3 Å². The lowest BCUT2D eigenvalue weighted by molar-refractivity contribution is -0.166. The molecule has 1 aromatic rings. The number of likely N-dealkylation sites (tertiary alicyclic amines) is 1. The smallest absolute Gasteiger partial charge is 0.307 e. The molecular weight excluding hydrogens is 350 g/mol. The molecule has 4 aliphatic carbocycles. The number of ether oxygens (including phenoxy) is 1. The Labute approximate surface area is 167 Å². The molecule has 1 aliphatic heterocycles. The molecule has 4 nitrogen and oxygen atoms in total. The molecular formula is C24H31NO3. The van der Waals surface area contributed by atoms with E-state index in [0.717, 1.165) is 49.2 Å². The first kappa shape index (κ1) is 18.2. The van der Waals surface area contributed by atoms with Gasteiger partial charge in [-0.3, -0.25) is 9.59 Å². The number of nitrogens with zero attached hydrogens (tertiary/aromatic N) is 1. The number of benzene rings is 1. The van der Waals surface area contributed by atoms with Crippen LogP contribution in [0.5, 0.6) is 0 Å². The van der Waals surface area contributed by atoms with Gasteiger partial charge in [-0.15, -0.1) is 0 Å². The number of amides is 1. The van der Waals surface area contributed by atoms with Gasteiger partial charge in [0.15, 0.2) is 0 Å². The van der Waals surface area contributed by atoms with Gasteiger partial charge in [-0.05, 0) is 74.5 Å². The maximum absolute atomic E-state index is 13.1. The van der Waals surface area contributed by atoms with Crippen LogP contribution >= 0.6 is 0 Å². The van der Waals surface area contributed by atoms with Gasteiger partial charge in [-0.1, -0.05) is 30.3 Å². The standard InChI is InChI=1S/C24H31NO3/c26-21(16-24-13-17-10-18(14-24)12-19(11-17)15-24)28-22(20-6-2-1-3-7-20)23(27)25-8-4-5-9-25/h1-3,6-7,17-19,22H,4-5,8-16H2/t17?,18?,19?,22-,24?/m1/s1. The van der Waals surface area contributed by atoms with Crippen LogP contribution in [-0.4, -0.2) is 29.9 Å². The molecule has 0 radical (unpaired) electrons. The minimum atomic E-state index is -0.791. The Morgan fingerprint density at radius 3 is 2.11 bits per heavy atom. The third kappa shape index (κ3) is 3.46. The second-order valence-electron chi connectivity index (χ2n) is 9.91. The monoisotopic (exact) mass is 381 g/mol. The van der Waals surface area contributed by atoms with E-state index in [-0.39, 0.29) is 17.3 Å². The molecule has 28 heavy (non-hydrogen) atoms. The summed E-state index contributed by atoms with van der Waals surface area (Å²) in [5.41, 5.74) is 0.933. The highest BCUT2D eigenvalue weighted by atomic mass is 16.5. The number of hydrogen-bond acceptors (Lipinski definition) is 3. The predicted molar refractivity (Wildman–Crippen MR) is 106 cm³/mol. The van der Waals surface area contributed by atoms with E-state index in [9.17, 15) is 9.59 Å². The van der Waals surface area contributed by atoms with Crippen LogP contribution in [0.3, 0.4) is 0 Å². The highest BCUT2D eigenvalue weighted by molar-refractivity contribution is 5.85. The Morgan fingerprint density at radius 2 is 1.54 bits per heavy atom. The summed E-state index contributed by atoms with van der Waals surface area (Å²) in [6.07, 6.45) is 9.44. The normalized spacial score (nSPS) is 34.4. The fourth-order valence-electron chi connectivity index (χ4n) is 6.98. The summed E-state index contributed by atoms with van der Waals surface area (Å²) in [5, 5.41) is 0. The van der Waals surface area contributed by atoms with Gasteiger partial charge in [0.2, 0.25) is 6.10 Å². The molecule has 5 aliphatic rings. The molecule has 6 rings (SSSR count). The van der Waals surface area contributed by atoms with Crippen LogP contribution in [0.4, 0.5) is 0 Å². The van der Waals surface area contributed by atoms with Crippen LogP contribution in [0.1, 0.15) is 69.5 Å². The second kappa shape index (κ2) is 7.20. The van der Waals surface area contributed by atoms with Crippen molar-refractivity contribution in [3.05, 3.63) is 35.9 Å². The fraction of sp³-hybridized carbons (Fsp3) is 0.667. The molecule has 5 fully saturated rings. The van der Waals surface area contributed by atoms with Gasteiger partial charge in [0.25, 0.3) is 5.91 Å². The number of hydrogen-bond donors (Lipinski definition) is 0. The van der Waals surface area contributed by atoms with Gasteiger partial charge < -0.3 is 9.64 Å². The van der Waals surface area contributed by atoms with Crippen molar-refractivity contribution >= 4 is 11.9 Å². The highest BCUT2D eigenvalue weighted by Crippen LogP contribution is 2.61. The Balaban J connectivity index is 1.31. The molecule has 0 N–H and O–H groups in total. The van der Waals surface area contributed by atoms with Crippen molar-refractivity contribution in [2.75, 3.05) is 13.1 Å². The van der Waals surface area contributed by atoms with Crippen molar-refractivity contribution in [2.45, 2.75) is 63.9 Å². The average Bonchev–Trinajstić information content (AvgIpc) is 3.19. The first-order chi connectivity index (χ1) is 13.6. The molecule has 4 bridgehead atoms. The van der Waals surface area contributed by atoms with E-state index in [1.165, 1.54) is 38.5 Å². The lowest BCUT2D eigenvalue weighted by Crippen LogP contribution is -2.47. The van der Waals surface area contributed by atoms with E-state index < -0.39 is 6.10 Å². The lowest BCUT2D eigenvalue weighted by atomic mass is 9.49. The van der Waals surface area contributed by atoms with Gasteiger partial charge in [0.1, 0.15) is 0 Å². The van der Waals surface area contributed by atoms with Crippen molar-refractivity contribution in [3.8, 4) is 0 Å². The van der Waals surface area contributed by atoms with Gasteiger partial charge >= 0.3 is 5.97 Å². The molecule has 0 unspecified atom stereocenters. The van der Waals surface area contributed by atoms with Crippen LogP contribution in [0.25, 0.3) is 0 Å². The summed E-state index contributed by atoms with van der Waals surface area (Å²) in [5.74, 6) is 2.21. The third-order valence-corrected chi connectivity index (χ3v) is 7.68. The number of carbonyl (C=O) groups is 2. The van der Waals surface area contributed by atoms with E-state index in [2.05, 4.69) is 0 Å². The van der Waals surface area contributed by atoms with Crippen molar-refractivity contribution in [1.82, 2.24) is 4.90 Å². The molecule has 1 heterocycles. The van der Waals surface area contributed by atoms with Gasteiger partial charge in [-0.25, -0.2) is 0 Å². The Bertz CT molecular complexity index is 702. The topological polar surface area (TPSA) is 46.6 Å². The molecule has 150 valence electrons. The number of rotatable bonds is 5. The molecule has 0 spiro atoms. The molecule has 4 saturated carbocycles. The molecule has 1 saturated heterocycles. The summed E-state index contributed by atoms with van der Waals surface area (Å²) >= 11 is 0. The predicted octanol–water partition coefficient (Wildman–Crippen LogP) is 4.50. The lowest BCUT2D eigenvalue weighted by Gasteiger charge is -2.56. The summed E-state index contributed by atoms with van der Waals surface area (Å²) in [6.45, 7) is 1.55. The van der Waals surface area contributed by atoms with Crippen LogP contribution in [-0.2, 0) is 14.3 Å². The first-order valence-corrected chi connectivity index (χ1v) is 11.1. The molecule has 0 aromatic heterocycles. The minimum Gasteiger partial charge on any atom is -0.447 e. The van der Waals surface area contributed by atoms with E-state index in [1.807, 2.05) is 35.2 Å². The SMILES string of the molecule is O=C(CC12CC3CC(CC(C3)C1)C2)O[C@@H](C(=O)N1CCCC1)c1ccccc1. The quantitative estimate of drug-likeness (QED) is 0.706. The third-order valence-electron chi connectivity index (χ3n) is 7.68. The van der Waals surface area contributed by atoms with E-state index in [1.54, 1.807) is 0 Å². The van der Waals surface area contributed by atoms with Crippen molar-refractivity contribution in [1.29, 1.82) is 0 Å². The Morgan fingerprint density at radius 1 is 0.964 bits per heavy atom. The Hall–Kier alpha value is -1.84. The zero-order chi connectivity index (χ0) is 19.1. The summed E-state index contributed by atoms with van der Waals surface area (Å²) < 4.78 is 5.92. The number of carbonyl (C=O) groups excluding carboxylic acids is 2. The van der Waals surface area contributed by atoms with E-state index >= 15 is 0 Å². The largest absolute Gasteiger partial charge is 0.447 e. The second-order valence-corrected chi connectivity index (χ2v) is 9.91. The summed E-state index contributed by atoms with van der Waals surface area (Å²) in [4.78, 5) is 28.0. The Kier molecular flexibility index (Phi) is 4.68. The summed E-state index contributed by atoms with van der Waals surface area (Å²) in [7, 11) is 0. The molecule has 4 heteroatoms.